The van der Waals surface area contributed by atoms with E-state index in [4.69, 9.17) is 5.73 Å². The molecule has 2 aromatic heterocycles. The van der Waals surface area contributed by atoms with Gasteiger partial charge in [-0.3, -0.25) is 0 Å². The third-order valence-electron chi connectivity index (χ3n) is 4.28. The van der Waals surface area contributed by atoms with Gasteiger partial charge in [-0.25, -0.2) is 14.9 Å². The van der Waals surface area contributed by atoms with Crippen molar-refractivity contribution in [3.05, 3.63) is 46.8 Å². The van der Waals surface area contributed by atoms with Gasteiger partial charge in [0.2, 0.25) is 6.17 Å². The first-order valence-corrected chi connectivity index (χ1v) is 7.32. The number of fused-ring (bicyclic) bond motifs is 3. The highest BCUT2D eigenvalue weighted by molar-refractivity contribution is 5.92. The maximum Gasteiger partial charge on any atom is 0.365 e. The van der Waals surface area contributed by atoms with Gasteiger partial charge in [0.25, 0.3) is 5.96 Å². The first kappa shape index (κ1) is 13.4. The van der Waals surface area contributed by atoms with Gasteiger partial charge in [-0.15, -0.1) is 0 Å². The van der Waals surface area contributed by atoms with Gasteiger partial charge in [0.1, 0.15) is 22.8 Å². The number of aliphatic imine (C=N–C) groups is 1. The predicted octanol–water partition coefficient (Wildman–Crippen LogP) is 1.56. The lowest BCUT2D eigenvalue weighted by Crippen LogP contribution is -2.48. The van der Waals surface area contributed by atoms with Crippen molar-refractivity contribution < 1.29 is 4.57 Å². The molecule has 1 aliphatic heterocycles. The Morgan fingerprint density at radius 2 is 2.04 bits per heavy atom. The van der Waals surface area contributed by atoms with Crippen molar-refractivity contribution in [3.8, 4) is 6.07 Å². The third kappa shape index (κ3) is 1.82. The van der Waals surface area contributed by atoms with Crippen molar-refractivity contribution in [2.75, 3.05) is 5.32 Å². The predicted molar refractivity (Wildman–Crippen MR) is 86.9 cm³/mol. The number of aromatic amines is 2. The summed E-state index contributed by atoms with van der Waals surface area (Å²) in [5, 5.41) is 12.3. The zero-order valence-electron chi connectivity index (χ0n) is 12.8. The molecule has 5 N–H and O–H groups in total. The summed E-state index contributed by atoms with van der Waals surface area (Å²) >= 11 is 0. The van der Waals surface area contributed by atoms with Crippen LogP contribution >= 0.6 is 0 Å². The summed E-state index contributed by atoms with van der Waals surface area (Å²) in [5.41, 5.74) is 11.3. The van der Waals surface area contributed by atoms with E-state index in [1.54, 1.807) is 0 Å². The molecule has 3 aromatic rings. The highest BCUT2D eigenvalue weighted by Crippen LogP contribution is 2.29. The lowest BCUT2D eigenvalue weighted by Gasteiger charge is -2.18. The number of aryl methyl sites for hydroxylation is 1. The van der Waals surface area contributed by atoms with E-state index in [1.807, 2.05) is 38.1 Å². The molecule has 1 aliphatic rings. The number of rotatable bonds is 1. The van der Waals surface area contributed by atoms with E-state index in [2.05, 4.69) is 30.9 Å². The number of aromatic nitrogens is 3. The van der Waals surface area contributed by atoms with Crippen molar-refractivity contribution in [1.29, 1.82) is 5.26 Å². The maximum atomic E-state index is 9.27. The molecule has 0 fully saturated rings. The second-order valence-electron chi connectivity index (χ2n) is 5.65. The van der Waals surface area contributed by atoms with Crippen LogP contribution in [-0.4, -0.2) is 15.9 Å². The van der Waals surface area contributed by atoms with Crippen LogP contribution in [0.15, 0.2) is 29.3 Å². The molecule has 0 unspecified atom stereocenters. The number of anilines is 1. The summed E-state index contributed by atoms with van der Waals surface area (Å²) in [6.45, 7) is 3.88. The molecule has 0 amide bonds. The van der Waals surface area contributed by atoms with E-state index in [-0.39, 0.29) is 6.17 Å². The molecule has 7 nitrogen and oxygen atoms in total. The molecular formula is C16H16N7+. The van der Waals surface area contributed by atoms with Gasteiger partial charge < -0.3 is 10.7 Å². The van der Waals surface area contributed by atoms with Crippen LogP contribution in [0, 0.1) is 25.2 Å². The van der Waals surface area contributed by atoms with Crippen molar-refractivity contribution >= 4 is 22.9 Å². The second kappa shape index (κ2) is 4.61. The van der Waals surface area contributed by atoms with E-state index in [0.29, 0.717) is 11.7 Å². The number of guanidine groups is 1. The molecule has 4 rings (SSSR count). The number of nitrogens with one attached hydrogen (secondary N) is 3. The molecule has 0 spiro atoms. The average Bonchev–Trinajstić information content (AvgIpc) is 3.03. The molecule has 3 heterocycles. The van der Waals surface area contributed by atoms with Gasteiger partial charge in [0, 0.05) is 11.3 Å². The number of hydrogen-bond donors (Lipinski definition) is 4. The Hall–Kier alpha value is -3.27. The lowest BCUT2D eigenvalue weighted by atomic mass is 10.1. The molecule has 0 bridgehead atoms. The first-order valence-electron chi connectivity index (χ1n) is 7.32. The highest BCUT2D eigenvalue weighted by Gasteiger charge is 2.34. The number of para-hydroxylation sites is 2. The van der Waals surface area contributed by atoms with Crippen molar-refractivity contribution in [2.24, 2.45) is 10.7 Å². The van der Waals surface area contributed by atoms with Crippen molar-refractivity contribution in [1.82, 2.24) is 9.97 Å². The molecule has 0 radical (unpaired) electrons. The van der Waals surface area contributed by atoms with E-state index < -0.39 is 0 Å². The summed E-state index contributed by atoms with van der Waals surface area (Å²) in [5.74, 6) is 1.13. The lowest BCUT2D eigenvalue weighted by molar-refractivity contribution is -0.674. The number of H-pyrrole nitrogens is 2. The summed E-state index contributed by atoms with van der Waals surface area (Å²) in [6.07, 6.45) is -0.319. The van der Waals surface area contributed by atoms with Crippen LogP contribution in [-0.2, 0) is 0 Å². The molecule has 114 valence electrons. The summed E-state index contributed by atoms with van der Waals surface area (Å²) in [6, 6.07) is 10.2. The Labute approximate surface area is 132 Å². The quantitative estimate of drug-likeness (QED) is 0.512. The number of hydrogen-bond acceptors (Lipinski definition) is 4. The fraction of sp³-hybridized carbons (Fsp3) is 0.188. The average molecular weight is 306 g/mol. The Morgan fingerprint density at radius 1 is 1.26 bits per heavy atom. The molecule has 0 saturated carbocycles. The second-order valence-corrected chi connectivity index (χ2v) is 5.65. The Bertz CT molecular complexity index is 1000. The van der Waals surface area contributed by atoms with E-state index in [1.165, 1.54) is 0 Å². The van der Waals surface area contributed by atoms with E-state index in [9.17, 15) is 5.26 Å². The van der Waals surface area contributed by atoms with Crippen LogP contribution < -0.4 is 15.6 Å². The Morgan fingerprint density at radius 3 is 2.78 bits per heavy atom. The third-order valence-corrected chi connectivity index (χ3v) is 4.28. The smallest absolute Gasteiger partial charge is 0.357 e. The van der Waals surface area contributed by atoms with E-state index in [0.717, 1.165) is 33.8 Å². The van der Waals surface area contributed by atoms with Gasteiger partial charge in [-0.05, 0) is 31.5 Å². The maximum absolute atomic E-state index is 9.27. The topological polar surface area (TPSA) is 110 Å². The number of benzene rings is 1. The van der Waals surface area contributed by atoms with Crippen LogP contribution in [0.5, 0.6) is 0 Å². The van der Waals surface area contributed by atoms with Gasteiger partial charge in [-0.2, -0.15) is 10.3 Å². The zero-order valence-corrected chi connectivity index (χ0v) is 12.8. The first-order chi connectivity index (χ1) is 11.1. The summed E-state index contributed by atoms with van der Waals surface area (Å²) < 4.78 is 2.07. The molecule has 1 atom stereocenters. The molecule has 0 aliphatic carbocycles. The van der Waals surface area contributed by atoms with Gasteiger partial charge in [-0.1, -0.05) is 12.1 Å². The van der Waals surface area contributed by atoms with Crippen molar-refractivity contribution in [2.45, 2.75) is 20.0 Å². The number of nitrogens with two attached hydrogens (primary N) is 1. The van der Waals surface area contributed by atoms with Crippen LogP contribution in [0.3, 0.4) is 0 Å². The molecule has 7 heteroatoms. The molecule has 1 aromatic carbocycles. The molecular weight excluding hydrogens is 290 g/mol. The van der Waals surface area contributed by atoms with Crippen LogP contribution in [0.2, 0.25) is 0 Å². The number of nitriles is 1. The Kier molecular flexibility index (Phi) is 2.69. The normalized spacial score (nSPS) is 16.6. The van der Waals surface area contributed by atoms with Gasteiger partial charge in [0.15, 0.2) is 0 Å². The largest absolute Gasteiger partial charge is 0.365 e. The van der Waals surface area contributed by atoms with Crippen molar-refractivity contribution in [3.63, 3.8) is 0 Å². The molecule has 23 heavy (non-hydrogen) atoms. The minimum atomic E-state index is -0.319. The number of imidazole rings is 1. The standard InChI is InChI=1S/C16H15N7/c1-8-11(7-17)19-9(2)13(8)14-21-15(18)22-16-20-10-5-3-4-6-12(10)23(14)16/h3-6,14,19H,1-2H3,(H3,18,20,21,22)/p+1/t14-/m1/s1. The van der Waals surface area contributed by atoms with Crippen LogP contribution in [0.4, 0.5) is 5.95 Å². The van der Waals surface area contributed by atoms with Gasteiger partial charge >= 0.3 is 5.95 Å². The zero-order chi connectivity index (χ0) is 16.1. The highest BCUT2D eigenvalue weighted by atomic mass is 15.4. The summed E-state index contributed by atoms with van der Waals surface area (Å²) in [7, 11) is 0. The number of nitrogens with zero attached hydrogens (tertiary/aromatic N) is 3. The monoisotopic (exact) mass is 306 g/mol. The van der Waals surface area contributed by atoms with Crippen LogP contribution in [0.1, 0.15) is 28.7 Å². The van der Waals surface area contributed by atoms with Gasteiger partial charge in [0.05, 0.1) is 0 Å². The minimum absolute atomic E-state index is 0.319. The van der Waals surface area contributed by atoms with E-state index >= 15 is 0 Å². The molecule has 0 saturated heterocycles. The Balaban J connectivity index is 2.02. The minimum Gasteiger partial charge on any atom is -0.357 e. The summed E-state index contributed by atoms with van der Waals surface area (Å²) in [4.78, 5) is 11.0. The fourth-order valence-corrected chi connectivity index (χ4v) is 3.24. The SMILES string of the molecule is Cc1[nH]c(C#N)c(C)c1[C@@H]1N=C(N)Nc2[nH]c3ccccc3[n+]21. The van der Waals surface area contributed by atoms with Crippen LogP contribution in [0.25, 0.3) is 11.0 Å². The fourth-order valence-electron chi connectivity index (χ4n) is 3.24.